The first-order chi connectivity index (χ1) is 12.7. The first-order valence-electron chi connectivity index (χ1n) is 9.10. The second kappa shape index (κ2) is 7.15. The van der Waals surface area contributed by atoms with E-state index in [9.17, 15) is 4.79 Å². The van der Waals surface area contributed by atoms with Gasteiger partial charge >= 0.3 is 0 Å². The summed E-state index contributed by atoms with van der Waals surface area (Å²) in [6, 6.07) is 12.5. The molecule has 1 aliphatic rings. The number of benzene rings is 1. The molecule has 6 heteroatoms. The molecule has 0 bridgehead atoms. The molecule has 1 N–H and O–H groups in total. The van der Waals surface area contributed by atoms with Gasteiger partial charge in [-0.1, -0.05) is 24.3 Å². The molecule has 6 nitrogen and oxygen atoms in total. The Morgan fingerprint density at radius 3 is 2.88 bits per heavy atom. The van der Waals surface area contributed by atoms with Crippen LogP contribution in [0.2, 0.25) is 0 Å². The molecule has 3 aromatic rings. The van der Waals surface area contributed by atoms with Crippen molar-refractivity contribution in [1.82, 2.24) is 19.6 Å². The minimum absolute atomic E-state index is 0.00274. The lowest BCUT2D eigenvalue weighted by Crippen LogP contribution is -2.22. The summed E-state index contributed by atoms with van der Waals surface area (Å²) in [5.41, 5.74) is 3.75. The maximum absolute atomic E-state index is 12.4. The molecule has 1 amide bonds. The zero-order chi connectivity index (χ0) is 17.9. The first kappa shape index (κ1) is 16.6. The average molecular weight is 349 g/mol. The van der Waals surface area contributed by atoms with Crippen molar-refractivity contribution in [3.63, 3.8) is 0 Å². The van der Waals surface area contributed by atoms with Crippen LogP contribution < -0.4 is 5.32 Å². The Balaban J connectivity index is 1.48. The number of aryl methyl sites for hydroxylation is 3. The van der Waals surface area contributed by atoms with E-state index in [4.69, 9.17) is 0 Å². The largest absolute Gasteiger partial charge is 0.311 e. The molecule has 26 heavy (non-hydrogen) atoms. The molecule has 0 saturated carbocycles. The number of aromatic nitrogens is 4. The van der Waals surface area contributed by atoms with Crippen molar-refractivity contribution in [2.24, 2.45) is 7.05 Å². The van der Waals surface area contributed by atoms with Crippen LogP contribution in [0, 0.1) is 0 Å². The van der Waals surface area contributed by atoms with Crippen LogP contribution in [0.15, 0.2) is 48.8 Å². The fourth-order valence-electron chi connectivity index (χ4n) is 3.74. The van der Waals surface area contributed by atoms with Gasteiger partial charge in [0, 0.05) is 31.4 Å². The average Bonchev–Trinajstić information content (AvgIpc) is 3.28. The number of hydrogen-bond acceptors (Lipinski definition) is 3. The summed E-state index contributed by atoms with van der Waals surface area (Å²) in [5, 5.41) is 11.7. The van der Waals surface area contributed by atoms with Crippen LogP contribution in [0.1, 0.15) is 42.1 Å². The van der Waals surface area contributed by atoms with Gasteiger partial charge in [0.25, 0.3) is 0 Å². The Morgan fingerprint density at radius 2 is 2.04 bits per heavy atom. The lowest BCUT2D eigenvalue weighted by Gasteiger charge is -2.27. The summed E-state index contributed by atoms with van der Waals surface area (Å²) < 4.78 is 3.76. The first-order valence-corrected chi connectivity index (χ1v) is 9.10. The second-order valence-electron chi connectivity index (χ2n) is 6.76. The quantitative estimate of drug-likeness (QED) is 0.770. The van der Waals surface area contributed by atoms with Crippen molar-refractivity contribution < 1.29 is 4.79 Å². The highest BCUT2D eigenvalue weighted by atomic mass is 16.1. The van der Waals surface area contributed by atoms with Crippen molar-refractivity contribution in [3.05, 3.63) is 65.6 Å². The number of amides is 1. The van der Waals surface area contributed by atoms with E-state index in [1.807, 2.05) is 23.9 Å². The third-order valence-corrected chi connectivity index (χ3v) is 5.10. The van der Waals surface area contributed by atoms with Gasteiger partial charge in [-0.2, -0.15) is 10.2 Å². The van der Waals surface area contributed by atoms with E-state index in [0.717, 1.165) is 30.8 Å². The molecule has 0 saturated heterocycles. The van der Waals surface area contributed by atoms with E-state index >= 15 is 0 Å². The number of nitrogens with zero attached hydrogens (tertiary/aromatic N) is 4. The lowest BCUT2D eigenvalue weighted by atomic mass is 9.88. The number of nitrogens with one attached hydrogen (secondary N) is 1. The number of carbonyl (C=O) groups excluding carboxylic acids is 1. The van der Waals surface area contributed by atoms with Gasteiger partial charge in [0.15, 0.2) is 0 Å². The number of rotatable bonds is 5. The van der Waals surface area contributed by atoms with Gasteiger partial charge in [0.2, 0.25) is 5.91 Å². The highest BCUT2D eigenvalue weighted by Gasteiger charge is 2.24. The van der Waals surface area contributed by atoms with Crippen molar-refractivity contribution >= 4 is 11.7 Å². The molecule has 1 atom stereocenters. The van der Waals surface area contributed by atoms with Crippen molar-refractivity contribution in [2.45, 2.75) is 38.1 Å². The molecule has 0 unspecified atom stereocenters. The molecule has 1 aromatic carbocycles. The smallest absolute Gasteiger partial charge is 0.225 e. The van der Waals surface area contributed by atoms with E-state index in [-0.39, 0.29) is 11.9 Å². The van der Waals surface area contributed by atoms with Gasteiger partial charge in [-0.15, -0.1) is 0 Å². The normalized spacial score (nSPS) is 16.3. The van der Waals surface area contributed by atoms with Crippen LogP contribution in [-0.4, -0.2) is 25.5 Å². The van der Waals surface area contributed by atoms with Crippen LogP contribution >= 0.6 is 0 Å². The van der Waals surface area contributed by atoms with E-state index in [1.165, 1.54) is 11.1 Å². The molecular weight excluding hydrogens is 326 g/mol. The second-order valence-corrected chi connectivity index (χ2v) is 6.76. The van der Waals surface area contributed by atoms with Gasteiger partial charge in [-0.3, -0.25) is 9.48 Å². The van der Waals surface area contributed by atoms with Gasteiger partial charge in [-0.05, 0) is 42.9 Å². The standard InChI is InChI=1S/C20H23N5O/c1-24-16(11-13-21-24)9-10-20(26)23-19-12-14-22-25(19)18-8-4-6-15-5-2-3-7-17(15)18/h2-3,5,7,11-14,18H,4,6,8-10H2,1H3,(H,23,26)/t18-/m1/s1. The van der Waals surface area contributed by atoms with E-state index in [0.29, 0.717) is 12.8 Å². The van der Waals surface area contributed by atoms with Gasteiger partial charge in [0.05, 0.1) is 12.2 Å². The lowest BCUT2D eigenvalue weighted by molar-refractivity contribution is -0.116. The summed E-state index contributed by atoms with van der Waals surface area (Å²) in [6.07, 6.45) is 7.89. The van der Waals surface area contributed by atoms with Crippen LogP contribution in [-0.2, 0) is 24.7 Å². The van der Waals surface area contributed by atoms with Crippen molar-refractivity contribution in [2.75, 3.05) is 5.32 Å². The van der Waals surface area contributed by atoms with Gasteiger partial charge in [0.1, 0.15) is 5.82 Å². The number of anilines is 1. The minimum Gasteiger partial charge on any atom is -0.311 e. The van der Waals surface area contributed by atoms with Crippen LogP contribution in [0.3, 0.4) is 0 Å². The maximum atomic E-state index is 12.4. The number of fused-ring (bicyclic) bond motifs is 1. The zero-order valence-corrected chi connectivity index (χ0v) is 14.9. The van der Waals surface area contributed by atoms with Crippen LogP contribution in [0.5, 0.6) is 0 Å². The third kappa shape index (κ3) is 3.27. The molecule has 2 heterocycles. The number of hydrogen-bond donors (Lipinski definition) is 1. The van der Waals surface area contributed by atoms with E-state index in [1.54, 1.807) is 17.1 Å². The third-order valence-electron chi connectivity index (χ3n) is 5.10. The predicted molar refractivity (Wildman–Crippen MR) is 99.9 cm³/mol. The summed E-state index contributed by atoms with van der Waals surface area (Å²) in [7, 11) is 1.89. The minimum atomic E-state index is -0.00274. The van der Waals surface area contributed by atoms with Crippen LogP contribution in [0.25, 0.3) is 0 Å². The van der Waals surface area contributed by atoms with Crippen molar-refractivity contribution in [1.29, 1.82) is 0 Å². The van der Waals surface area contributed by atoms with Gasteiger partial charge < -0.3 is 5.32 Å². The zero-order valence-electron chi connectivity index (χ0n) is 14.9. The SMILES string of the molecule is Cn1nccc1CCC(=O)Nc1ccnn1[C@@H]1CCCc2ccccc21. The number of carbonyl (C=O) groups is 1. The molecule has 0 aliphatic heterocycles. The Morgan fingerprint density at radius 1 is 1.19 bits per heavy atom. The topological polar surface area (TPSA) is 64.7 Å². The molecule has 2 aromatic heterocycles. The molecule has 134 valence electrons. The van der Waals surface area contributed by atoms with E-state index in [2.05, 4.69) is 39.8 Å². The Kier molecular flexibility index (Phi) is 4.56. The molecule has 0 radical (unpaired) electrons. The summed E-state index contributed by atoms with van der Waals surface area (Å²) in [5.74, 6) is 0.763. The van der Waals surface area contributed by atoms with E-state index < -0.39 is 0 Å². The summed E-state index contributed by atoms with van der Waals surface area (Å²) >= 11 is 0. The summed E-state index contributed by atoms with van der Waals surface area (Å²) in [4.78, 5) is 12.4. The molecule has 0 spiro atoms. The fourth-order valence-corrected chi connectivity index (χ4v) is 3.74. The van der Waals surface area contributed by atoms with Crippen LogP contribution in [0.4, 0.5) is 5.82 Å². The Hall–Kier alpha value is -2.89. The molecular formula is C20H23N5O. The predicted octanol–water partition coefficient (Wildman–Crippen LogP) is 3.11. The highest BCUT2D eigenvalue weighted by molar-refractivity contribution is 5.90. The van der Waals surface area contributed by atoms with Crippen molar-refractivity contribution in [3.8, 4) is 0 Å². The summed E-state index contributed by atoms with van der Waals surface area (Å²) in [6.45, 7) is 0. The Bertz CT molecular complexity index is 910. The fraction of sp³-hybridized carbons (Fsp3) is 0.350. The van der Waals surface area contributed by atoms with Gasteiger partial charge in [-0.25, -0.2) is 4.68 Å². The monoisotopic (exact) mass is 349 g/mol. The maximum Gasteiger partial charge on any atom is 0.225 e. The molecule has 1 aliphatic carbocycles. The molecule has 0 fully saturated rings. The highest BCUT2D eigenvalue weighted by Crippen LogP contribution is 2.34. The Labute approximate surface area is 152 Å². The molecule has 4 rings (SSSR count).